The van der Waals surface area contributed by atoms with Gasteiger partial charge < -0.3 is 10.2 Å². The van der Waals surface area contributed by atoms with Crippen LogP contribution in [0, 0.1) is 13.8 Å². The van der Waals surface area contributed by atoms with E-state index in [1.54, 1.807) is 30.6 Å². The van der Waals surface area contributed by atoms with Crippen LogP contribution in [0.2, 0.25) is 5.02 Å². The molecule has 1 aromatic carbocycles. The summed E-state index contributed by atoms with van der Waals surface area (Å²) >= 11 is 6.13. The minimum Gasteiger partial charge on any atom is -0.344 e. The molecular formula is C21H22ClN5O. The summed E-state index contributed by atoms with van der Waals surface area (Å²) in [4.78, 5) is 27.6. The third-order valence-electron chi connectivity index (χ3n) is 4.42. The minimum atomic E-state index is -0.292. The standard InChI is InChI=1S/C21H22ClN5O/c1-14-13-19(20(28)25-18-6-4-5-17(22)15(18)2)26-21(24-14)27(3)12-9-16-7-10-23-11-8-16/h4-8,10-11,13H,9,12H2,1-3H3,(H,25,28). The molecule has 3 aromatic rings. The number of nitrogens with one attached hydrogen (secondary N) is 1. The number of aromatic nitrogens is 3. The van der Waals surface area contributed by atoms with Crippen molar-refractivity contribution in [2.45, 2.75) is 20.3 Å². The molecule has 0 bridgehead atoms. The second kappa shape index (κ2) is 8.80. The van der Waals surface area contributed by atoms with Gasteiger partial charge in [-0.3, -0.25) is 9.78 Å². The van der Waals surface area contributed by atoms with Crippen molar-refractivity contribution in [1.82, 2.24) is 15.0 Å². The quantitative estimate of drug-likeness (QED) is 0.681. The van der Waals surface area contributed by atoms with Gasteiger partial charge in [-0.05, 0) is 61.7 Å². The predicted molar refractivity (Wildman–Crippen MR) is 112 cm³/mol. The Balaban J connectivity index is 1.74. The Kier molecular flexibility index (Phi) is 6.21. The van der Waals surface area contributed by atoms with Crippen LogP contribution in [0.3, 0.4) is 0 Å². The van der Waals surface area contributed by atoms with E-state index < -0.39 is 0 Å². The summed E-state index contributed by atoms with van der Waals surface area (Å²) in [5, 5.41) is 3.48. The average molecular weight is 396 g/mol. The van der Waals surface area contributed by atoms with Gasteiger partial charge in [0, 0.05) is 42.4 Å². The number of anilines is 2. The van der Waals surface area contributed by atoms with Crippen molar-refractivity contribution in [3.63, 3.8) is 0 Å². The zero-order chi connectivity index (χ0) is 20.1. The predicted octanol–water partition coefficient (Wildman–Crippen LogP) is 4.07. The highest BCUT2D eigenvalue weighted by Crippen LogP contribution is 2.23. The third-order valence-corrected chi connectivity index (χ3v) is 4.83. The Bertz CT molecular complexity index is 978. The van der Waals surface area contributed by atoms with Crippen LogP contribution in [0.4, 0.5) is 11.6 Å². The minimum absolute atomic E-state index is 0.292. The first-order valence-corrected chi connectivity index (χ1v) is 9.34. The second-order valence-electron chi connectivity index (χ2n) is 6.59. The van der Waals surface area contributed by atoms with Crippen molar-refractivity contribution in [2.24, 2.45) is 0 Å². The smallest absolute Gasteiger partial charge is 0.274 e. The molecule has 0 saturated heterocycles. The highest BCUT2D eigenvalue weighted by atomic mass is 35.5. The first-order chi connectivity index (χ1) is 13.4. The first kappa shape index (κ1) is 19.8. The number of benzene rings is 1. The molecule has 144 valence electrons. The van der Waals surface area contributed by atoms with E-state index in [1.165, 1.54) is 5.56 Å². The number of likely N-dealkylation sites (N-methyl/N-ethyl adjacent to an activating group) is 1. The van der Waals surface area contributed by atoms with Gasteiger partial charge in [0.1, 0.15) is 5.69 Å². The summed E-state index contributed by atoms with van der Waals surface area (Å²) in [6.07, 6.45) is 4.39. The summed E-state index contributed by atoms with van der Waals surface area (Å²) in [7, 11) is 1.92. The largest absolute Gasteiger partial charge is 0.344 e. The molecular weight excluding hydrogens is 374 g/mol. The zero-order valence-corrected chi connectivity index (χ0v) is 16.9. The van der Waals surface area contributed by atoms with E-state index in [0.717, 1.165) is 24.2 Å². The van der Waals surface area contributed by atoms with Gasteiger partial charge in [0.05, 0.1) is 0 Å². The fourth-order valence-corrected chi connectivity index (χ4v) is 2.89. The topological polar surface area (TPSA) is 71.0 Å². The molecule has 6 nitrogen and oxygen atoms in total. The van der Waals surface area contributed by atoms with Crippen LogP contribution < -0.4 is 10.2 Å². The number of halogens is 1. The van der Waals surface area contributed by atoms with E-state index in [-0.39, 0.29) is 5.91 Å². The molecule has 0 atom stereocenters. The fourth-order valence-electron chi connectivity index (χ4n) is 2.72. The highest BCUT2D eigenvalue weighted by molar-refractivity contribution is 6.31. The van der Waals surface area contributed by atoms with Gasteiger partial charge in [-0.1, -0.05) is 17.7 Å². The number of carbonyl (C=O) groups excluding carboxylic acids is 1. The molecule has 0 aliphatic rings. The van der Waals surface area contributed by atoms with Crippen LogP contribution in [-0.2, 0) is 6.42 Å². The van der Waals surface area contributed by atoms with Crippen LogP contribution in [0.25, 0.3) is 0 Å². The third kappa shape index (κ3) is 4.84. The maximum absolute atomic E-state index is 12.7. The fraction of sp³-hybridized carbons (Fsp3) is 0.238. The lowest BCUT2D eigenvalue weighted by Gasteiger charge is -2.18. The molecule has 28 heavy (non-hydrogen) atoms. The van der Waals surface area contributed by atoms with Crippen molar-refractivity contribution in [3.8, 4) is 0 Å². The van der Waals surface area contributed by atoms with Crippen molar-refractivity contribution >= 4 is 29.1 Å². The monoisotopic (exact) mass is 395 g/mol. The summed E-state index contributed by atoms with van der Waals surface area (Å²) in [6.45, 7) is 4.44. The number of amides is 1. The second-order valence-corrected chi connectivity index (χ2v) is 7.00. The van der Waals surface area contributed by atoms with Gasteiger partial charge in [-0.2, -0.15) is 0 Å². The number of pyridine rings is 1. The number of rotatable bonds is 6. The number of nitrogens with zero attached hydrogens (tertiary/aromatic N) is 4. The van der Waals surface area contributed by atoms with E-state index in [0.29, 0.717) is 22.4 Å². The summed E-state index contributed by atoms with van der Waals surface area (Å²) < 4.78 is 0. The van der Waals surface area contributed by atoms with Gasteiger partial charge in [-0.15, -0.1) is 0 Å². The molecule has 1 amide bonds. The van der Waals surface area contributed by atoms with Crippen LogP contribution >= 0.6 is 11.6 Å². The Morgan fingerprint density at radius 1 is 1.14 bits per heavy atom. The van der Waals surface area contributed by atoms with Gasteiger partial charge in [0.15, 0.2) is 0 Å². The van der Waals surface area contributed by atoms with E-state index >= 15 is 0 Å². The SMILES string of the molecule is Cc1cc(C(=O)Nc2cccc(Cl)c2C)nc(N(C)CCc2ccncc2)n1. The molecule has 1 N–H and O–H groups in total. The van der Waals surface area contributed by atoms with Crippen molar-refractivity contribution < 1.29 is 4.79 Å². The molecule has 0 fully saturated rings. The lowest BCUT2D eigenvalue weighted by molar-refractivity contribution is 0.102. The molecule has 0 spiro atoms. The van der Waals surface area contributed by atoms with Crippen molar-refractivity contribution in [1.29, 1.82) is 0 Å². The lowest BCUT2D eigenvalue weighted by atomic mass is 10.2. The van der Waals surface area contributed by atoms with Crippen LogP contribution in [0.1, 0.15) is 27.3 Å². The number of aryl methyl sites for hydroxylation is 1. The van der Waals surface area contributed by atoms with Gasteiger partial charge in [0.25, 0.3) is 5.91 Å². The maximum atomic E-state index is 12.7. The Morgan fingerprint density at radius 3 is 2.64 bits per heavy atom. The first-order valence-electron chi connectivity index (χ1n) is 8.96. The summed E-state index contributed by atoms with van der Waals surface area (Å²) in [6, 6.07) is 11.0. The molecule has 0 aliphatic heterocycles. The van der Waals surface area contributed by atoms with E-state index in [2.05, 4.69) is 20.3 Å². The highest BCUT2D eigenvalue weighted by Gasteiger charge is 2.14. The van der Waals surface area contributed by atoms with Crippen LogP contribution in [0.15, 0.2) is 48.8 Å². The van der Waals surface area contributed by atoms with Crippen LogP contribution in [-0.4, -0.2) is 34.5 Å². The van der Waals surface area contributed by atoms with E-state index in [1.807, 2.05) is 44.0 Å². The maximum Gasteiger partial charge on any atom is 0.274 e. The number of carbonyl (C=O) groups is 1. The summed E-state index contributed by atoms with van der Waals surface area (Å²) in [5.41, 5.74) is 3.72. The van der Waals surface area contributed by atoms with Gasteiger partial charge in [-0.25, -0.2) is 9.97 Å². The molecule has 2 aromatic heterocycles. The van der Waals surface area contributed by atoms with E-state index in [4.69, 9.17) is 11.6 Å². The normalized spacial score (nSPS) is 10.6. The zero-order valence-electron chi connectivity index (χ0n) is 16.1. The molecule has 0 unspecified atom stereocenters. The molecule has 0 aliphatic carbocycles. The van der Waals surface area contributed by atoms with Gasteiger partial charge in [0.2, 0.25) is 5.95 Å². The number of hydrogen-bond acceptors (Lipinski definition) is 5. The molecule has 3 rings (SSSR count). The molecule has 2 heterocycles. The number of hydrogen-bond donors (Lipinski definition) is 1. The Morgan fingerprint density at radius 2 is 1.89 bits per heavy atom. The van der Waals surface area contributed by atoms with Gasteiger partial charge >= 0.3 is 0 Å². The van der Waals surface area contributed by atoms with Crippen molar-refractivity contribution in [2.75, 3.05) is 23.8 Å². The molecule has 7 heteroatoms. The summed E-state index contributed by atoms with van der Waals surface area (Å²) in [5.74, 6) is 0.224. The Hall–Kier alpha value is -2.99. The van der Waals surface area contributed by atoms with E-state index in [9.17, 15) is 4.79 Å². The average Bonchev–Trinajstić information content (AvgIpc) is 2.70. The molecule has 0 radical (unpaired) electrons. The molecule has 0 saturated carbocycles. The lowest BCUT2D eigenvalue weighted by Crippen LogP contribution is -2.25. The van der Waals surface area contributed by atoms with Crippen LogP contribution in [0.5, 0.6) is 0 Å². The Labute approximate surface area is 169 Å². The van der Waals surface area contributed by atoms with Crippen molar-refractivity contribution in [3.05, 3.63) is 76.3 Å².